The first-order valence-electron chi connectivity index (χ1n) is 9.03. The zero-order valence-corrected chi connectivity index (χ0v) is 16.7. The summed E-state index contributed by atoms with van der Waals surface area (Å²) in [6.45, 7) is 0. The molecule has 2 heterocycles. The lowest BCUT2D eigenvalue weighted by Gasteiger charge is -2.13. The van der Waals surface area contributed by atoms with Crippen LogP contribution >= 0.6 is 23.4 Å². The molecule has 0 aliphatic carbocycles. The van der Waals surface area contributed by atoms with E-state index < -0.39 is 0 Å². The Balaban J connectivity index is 1.60. The van der Waals surface area contributed by atoms with Gasteiger partial charge in [-0.25, -0.2) is 9.97 Å². The van der Waals surface area contributed by atoms with E-state index in [0.717, 1.165) is 22.5 Å². The van der Waals surface area contributed by atoms with Crippen molar-refractivity contribution in [3.63, 3.8) is 0 Å². The number of halogens is 1. The molecule has 5 rings (SSSR count). The summed E-state index contributed by atoms with van der Waals surface area (Å²) in [5.74, 6) is 1.40. The number of hydrogen-bond acceptors (Lipinski definition) is 4. The van der Waals surface area contributed by atoms with Crippen LogP contribution in [-0.2, 0) is 5.75 Å². The molecule has 1 N–H and O–H groups in total. The summed E-state index contributed by atoms with van der Waals surface area (Å²) in [6.07, 6.45) is 0. The molecule has 0 radical (unpaired) electrons. The van der Waals surface area contributed by atoms with Gasteiger partial charge in [0, 0.05) is 5.02 Å². The zero-order chi connectivity index (χ0) is 19.8. The number of rotatable bonds is 4. The fraction of sp³-hybridized carbons (Fsp3) is 0.0455. The summed E-state index contributed by atoms with van der Waals surface area (Å²) < 4.78 is 1.63. The van der Waals surface area contributed by atoms with Crippen molar-refractivity contribution in [2.24, 2.45) is 0 Å². The topological polar surface area (TPSA) is 63.6 Å². The monoisotopic (exact) mass is 418 g/mol. The molecule has 0 saturated carbocycles. The van der Waals surface area contributed by atoms with Gasteiger partial charge < -0.3 is 4.98 Å². The fourth-order valence-corrected chi connectivity index (χ4v) is 4.24. The third kappa shape index (κ3) is 3.41. The first kappa shape index (κ1) is 18.0. The number of aromatic nitrogens is 4. The largest absolute Gasteiger partial charge is 0.341 e. The van der Waals surface area contributed by atoms with Gasteiger partial charge in [0.05, 0.1) is 33.4 Å². The van der Waals surface area contributed by atoms with Gasteiger partial charge in [-0.1, -0.05) is 47.6 Å². The maximum atomic E-state index is 13.2. The van der Waals surface area contributed by atoms with E-state index in [1.165, 1.54) is 11.8 Å². The minimum atomic E-state index is -0.106. The van der Waals surface area contributed by atoms with Gasteiger partial charge in [0.15, 0.2) is 5.16 Å². The molecule has 0 bridgehead atoms. The maximum absolute atomic E-state index is 13.2. The Morgan fingerprint density at radius 2 is 1.62 bits per heavy atom. The molecule has 5 aromatic rings. The van der Waals surface area contributed by atoms with E-state index in [1.807, 2.05) is 54.6 Å². The van der Waals surface area contributed by atoms with Crippen LogP contribution in [0, 0.1) is 0 Å². The molecular formula is C22H15ClN4OS. The second-order valence-corrected chi connectivity index (χ2v) is 7.90. The van der Waals surface area contributed by atoms with E-state index in [1.54, 1.807) is 22.8 Å². The van der Waals surface area contributed by atoms with Crippen molar-refractivity contribution in [2.45, 2.75) is 10.9 Å². The number of hydrogen-bond donors (Lipinski definition) is 1. The van der Waals surface area contributed by atoms with Crippen LogP contribution in [0.5, 0.6) is 0 Å². The molecule has 0 aliphatic heterocycles. The van der Waals surface area contributed by atoms with Gasteiger partial charge in [0.25, 0.3) is 5.56 Å². The van der Waals surface area contributed by atoms with E-state index in [4.69, 9.17) is 16.6 Å². The van der Waals surface area contributed by atoms with Crippen molar-refractivity contribution in [1.82, 2.24) is 19.5 Å². The normalized spacial score (nSPS) is 11.3. The highest BCUT2D eigenvalue weighted by Gasteiger charge is 2.14. The SMILES string of the molecule is O=c1c2ccccc2nc(SCc2nc3ccccc3[nH]2)n1-c1ccc(Cl)cc1. The van der Waals surface area contributed by atoms with E-state index in [0.29, 0.717) is 26.8 Å². The number of fused-ring (bicyclic) bond motifs is 2. The Morgan fingerprint density at radius 3 is 2.41 bits per heavy atom. The average Bonchev–Trinajstić information content (AvgIpc) is 3.16. The Kier molecular flexibility index (Phi) is 4.58. The van der Waals surface area contributed by atoms with Gasteiger partial charge in [-0.2, -0.15) is 0 Å². The molecule has 0 aliphatic rings. The molecule has 29 heavy (non-hydrogen) atoms. The van der Waals surface area contributed by atoms with Crippen molar-refractivity contribution in [2.75, 3.05) is 0 Å². The summed E-state index contributed by atoms with van der Waals surface area (Å²) >= 11 is 7.50. The van der Waals surface area contributed by atoms with Crippen LogP contribution in [-0.4, -0.2) is 19.5 Å². The van der Waals surface area contributed by atoms with E-state index >= 15 is 0 Å². The molecule has 2 aromatic heterocycles. The lowest BCUT2D eigenvalue weighted by atomic mass is 10.2. The number of nitrogens with one attached hydrogen (secondary N) is 1. The predicted octanol–water partition coefficient (Wildman–Crippen LogP) is 5.21. The number of para-hydroxylation sites is 3. The van der Waals surface area contributed by atoms with Gasteiger partial charge in [-0.3, -0.25) is 9.36 Å². The molecule has 0 unspecified atom stereocenters. The third-order valence-corrected chi connectivity index (χ3v) is 5.81. The lowest BCUT2D eigenvalue weighted by Crippen LogP contribution is -2.21. The van der Waals surface area contributed by atoms with E-state index in [9.17, 15) is 4.79 Å². The predicted molar refractivity (Wildman–Crippen MR) is 118 cm³/mol. The lowest BCUT2D eigenvalue weighted by molar-refractivity contribution is 0.819. The molecule has 3 aromatic carbocycles. The number of imidazole rings is 1. The number of H-pyrrole nitrogens is 1. The van der Waals surface area contributed by atoms with Crippen molar-refractivity contribution in [3.8, 4) is 5.69 Å². The van der Waals surface area contributed by atoms with Gasteiger partial charge in [-0.05, 0) is 48.5 Å². The molecule has 0 spiro atoms. The minimum Gasteiger partial charge on any atom is -0.341 e. The van der Waals surface area contributed by atoms with Crippen LogP contribution in [0.1, 0.15) is 5.82 Å². The standard InChI is InChI=1S/C22H15ClN4OS/c23-14-9-11-15(12-10-14)27-21(28)16-5-1-2-6-17(16)26-22(27)29-13-20-24-18-7-3-4-8-19(18)25-20/h1-12H,13H2,(H,24,25). The average molecular weight is 419 g/mol. The van der Waals surface area contributed by atoms with E-state index in [-0.39, 0.29) is 5.56 Å². The van der Waals surface area contributed by atoms with Gasteiger partial charge in [0.1, 0.15) is 5.82 Å². The molecule has 0 fully saturated rings. The van der Waals surface area contributed by atoms with Crippen LogP contribution in [0.3, 0.4) is 0 Å². The zero-order valence-electron chi connectivity index (χ0n) is 15.2. The summed E-state index contributed by atoms with van der Waals surface area (Å²) in [5, 5.41) is 1.80. The van der Waals surface area contributed by atoms with Crippen LogP contribution in [0.2, 0.25) is 5.02 Å². The van der Waals surface area contributed by atoms with Crippen molar-refractivity contribution < 1.29 is 0 Å². The van der Waals surface area contributed by atoms with Gasteiger partial charge in [0.2, 0.25) is 0 Å². The molecule has 0 atom stereocenters. The summed E-state index contributed by atoms with van der Waals surface area (Å²) in [7, 11) is 0. The molecule has 7 heteroatoms. The van der Waals surface area contributed by atoms with Gasteiger partial charge >= 0.3 is 0 Å². The Labute approximate surface area is 175 Å². The van der Waals surface area contributed by atoms with Crippen LogP contribution in [0.25, 0.3) is 27.6 Å². The van der Waals surface area contributed by atoms with Crippen molar-refractivity contribution in [3.05, 3.63) is 94.0 Å². The van der Waals surface area contributed by atoms with Crippen molar-refractivity contribution in [1.29, 1.82) is 0 Å². The fourth-order valence-electron chi connectivity index (χ4n) is 3.23. The number of aromatic amines is 1. The molecule has 5 nitrogen and oxygen atoms in total. The summed E-state index contributed by atoms with van der Waals surface area (Å²) in [6, 6.07) is 22.5. The van der Waals surface area contributed by atoms with E-state index in [2.05, 4.69) is 9.97 Å². The smallest absolute Gasteiger partial charge is 0.266 e. The second-order valence-electron chi connectivity index (χ2n) is 6.52. The minimum absolute atomic E-state index is 0.106. The Hall–Kier alpha value is -3.09. The summed E-state index contributed by atoms with van der Waals surface area (Å²) in [4.78, 5) is 25.9. The van der Waals surface area contributed by atoms with Crippen LogP contribution in [0.4, 0.5) is 0 Å². The second kappa shape index (κ2) is 7.39. The quantitative estimate of drug-likeness (QED) is 0.321. The maximum Gasteiger partial charge on any atom is 0.266 e. The highest BCUT2D eigenvalue weighted by molar-refractivity contribution is 7.98. The first-order chi connectivity index (χ1) is 14.2. The first-order valence-corrected chi connectivity index (χ1v) is 10.4. The van der Waals surface area contributed by atoms with Gasteiger partial charge in [-0.15, -0.1) is 0 Å². The molecule has 142 valence electrons. The number of benzene rings is 3. The summed E-state index contributed by atoms with van der Waals surface area (Å²) in [5.41, 5.74) is 3.21. The third-order valence-electron chi connectivity index (χ3n) is 4.61. The number of nitrogens with zero attached hydrogens (tertiary/aromatic N) is 3. The highest BCUT2D eigenvalue weighted by Crippen LogP contribution is 2.25. The molecular weight excluding hydrogens is 404 g/mol. The molecule has 0 amide bonds. The van der Waals surface area contributed by atoms with Crippen LogP contribution < -0.4 is 5.56 Å². The van der Waals surface area contributed by atoms with Crippen LogP contribution in [0.15, 0.2) is 82.7 Å². The number of thioether (sulfide) groups is 1. The molecule has 0 saturated heterocycles. The Morgan fingerprint density at radius 1 is 0.897 bits per heavy atom. The highest BCUT2D eigenvalue weighted by atomic mass is 35.5. The Bertz CT molecular complexity index is 1360. The van der Waals surface area contributed by atoms with Crippen molar-refractivity contribution >= 4 is 45.3 Å².